The van der Waals surface area contributed by atoms with Gasteiger partial charge in [0, 0.05) is 6.54 Å². The number of nitrogens with one attached hydrogen (secondary N) is 1. The Balaban J connectivity index is 4.26. The summed E-state index contributed by atoms with van der Waals surface area (Å²) < 4.78 is 36.2. The highest BCUT2D eigenvalue weighted by Gasteiger charge is 2.44. The number of hydrogen-bond acceptors (Lipinski definition) is 4. The Bertz CT molecular complexity index is 205. The lowest BCUT2D eigenvalue weighted by Gasteiger charge is -2.19. The molecule has 0 saturated carbocycles. The van der Waals surface area contributed by atoms with Gasteiger partial charge >= 0.3 is 12.1 Å². The van der Waals surface area contributed by atoms with Crippen LogP contribution in [0.1, 0.15) is 0 Å². The second-order valence-corrected chi connectivity index (χ2v) is 2.90. The second-order valence-electron chi connectivity index (χ2n) is 2.90. The van der Waals surface area contributed by atoms with Gasteiger partial charge in [-0.3, -0.25) is 4.79 Å². The van der Waals surface area contributed by atoms with Crippen molar-refractivity contribution in [3.05, 3.63) is 0 Å². The molecular weight excluding hydrogens is 219 g/mol. The normalized spacial score (nSPS) is 14.3. The van der Waals surface area contributed by atoms with Crippen LogP contribution in [0.2, 0.25) is 0 Å². The second kappa shape index (κ2) is 5.89. The van der Waals surface area contributed by atoms with E-state index in [-0.39, 0.29) is 0 Å². The fourth-order valence-electron chi connectivity index (χ4n) is 0.814. The Morgan fingerprint density at radius 2 is 1.73 bits per heavy atom. The van der Waals surface area contributed by atoms with Crippen molar-refractivity contribution in [2.45, 2.75) is 12.2 Å². The van der Waals surface area contributed by atoms with E-state index in [1.165, 1.54) is 0 Å². The Hall–Kier alpha value is -0.860. The zero-order valence-electron chi connectivity index (χ0n) is 7.66. The van der Waals surface area contributed by atoms with E-state index in [0.717, 1.165) is 0 Å². The largest absolute Gasteiger partial charge is 0.481 e. The number of aliphatic hydroxyl groups excluding tert-OH is 2. The Morgan fingerprint density at radius 1 is 1.27 bits per heavy atom. The fraction of sp³-hybridized carbons (Fsp3) is 0.857. The van der Waals surface area contributed by atoms with Crippen molar-refractivity contribution < 1.29 is 33.3 Å². The summed E-state index contributed by atoms with van der Waals surface area (Å²) in [7, 11) is 0. The van der Waals surface area contributed by atoms with Crippen LogP contribution < -0.4 is 5.32 Å². The molecule has 1 unspecified atom stereocenters. The highest BCUT2D eigenvalue weighted by molar-refractivity contribution is 5.71. The van der Waals surface area contributed by atoms with E-state index in [1.54, 1.807) is 0 Å². The molecule has 4 N–H and O–H groups in total. The molecule has 0 aromatic rings. The van der Waals surface area contributed by atoms with Crippen LogP contribution >= 0.6 is 0 Å². The number of carboxylic acids is 1. The third kappa shape index (κ3) is 4.96. The third-order valence-corrected chi connectivity index (χ3v) is 1.74. The van der Waals surface area contributed by atoms with Gasteiger partial charge < -0.3 is 20.6 Å². The molecule has 90 valence electrons. The number of alkyl halides is 3. The lowest BCUT2D eigenvalue weighted by atomic mass is 10.1. The van der Waals surface area contributed by atoms with Gasteiger partial charge in [-0.25, -0.2) is 0 Å². The lowest BCUT2D eigenvalue weighted by Crippen LogP contribution is -2.45. The van der Waals surface area contributed by atoms with Crippen LogP contribution in [0.3, 0.4) is 0 Å². The minimum atomic E-state index is -4.85. The van der Waals surface area contributed by atoms with Crippen molar-refractivity contribution in [2.75, 3.05) is 19.8 Å². The maximum absolute atomic E-state index is 12.1. The van der Waals surface area contributed by atoms with E-state index < -0.39 is 43.9 Å². The standard InChI is InChI=1S/C7H12F3NO4/c8-7(9,10)5(6(14)15)1-11-4(2-12)3-13/h4-5,11-13H,1-3H2,(H,14,15). The summed E-state index contributed by atoms with van der Waals surface area (Å²) >= 11 is 0. The molecule has 0 rings (SSSR count). The molecule has 15 heavy (non-hydrogen) atoms. The van der Waals surface area contributed by atoms with Gasteiger partial charge in [-0.1, -0.05) is 0 Å². The first-order valence-electron chi connectivity index (χ1n) is 4.07. The van der Waals surface area contributed by atoms with Crippen molar-refractivity contribution in [1.82, 2.24) is 5.32 Å². The lowest BCUT2D eigenvalue weighted by molar-refractivity contribution is -0.192. The molecule has 0 aliphatic carbocycles. The molecule has 0 aromatic heterocycles. The number of aliphatic hydroxyl groups is 2. The van der Waals surface area contributed by atoms with Crippen molar-refractivity contribution in [3.63, 3.8) is 0 Å². The summed E-state index contributed by atoms with van der Waals surface area (Å²) in [5.41, 5.74) is 0. The van der Waals surface area contributed by atoms with Gasteiger partial charge in [0.2, 0.25) is 0 Å². The molecule has 0 amide bonds. The first-order valence-corrected chi connectivity index (χ1v) is 4.07. The number of carboxylic acid groups (broad SMARTS) is 1. The molecule has 0 aliphatic heterocycles. The summed E-state index contributed by atoms with van der Waals surface area (Å²) in [6, 6.07) is -0.950. The Kier molecular flexibility index (Phi) is 5.55. The number of halogens is 3. The first-order chi connectivity index (χ1) is 6.82. The monoisotopic (exact) mass is 231 g/mol. The molecule has 5 nitrogen and oxygen atoms in total. The van der Waals surface area contributed by atoms with Gasteiger partial charge in [0.15, 0.2) is 5.92 Å². The van der Waals surface area contributed by atoms with Crippen molar-refractivity contribution in [2.24, 2.45) is 5.92 Å². The molecule has 1 atom stereocenters. The highest BCUT2D eigenvalue weighted by atomic mass is 19.4. The van der Waals surface area contributed by atoms with Crippen LogP contribution in [0.4, 0.5) is 13.2 Å². The summed E-state index contributed by atoms with van der Waals surface area (Å²) in [6.07, 6.45) is -4.85. The summed E-state index contributed by atoms with van der Waals surface area (Å²) in [6.45, 7) is -2.02. The van der Waals surface area contributed by atoms with E-state index in [1.807, 2.05) is 0 Å². The summed E-state index contributed by atoms with van der Waals surface area (Å²) in [4.78, 5) is 10.3. The first kappa shape index (κ1) is 14.1. The van der Waals surface area contributed by atoms with Gasteiger partial charge in [-0.2, -0.15) is 13.2 Å². The van der Waals surface area contributed by atoms with Crippen LogP contribution in [0.25, 0.3) is 0 Å². The van der Waals surface area contributed by atoms with Gasteiger partial charge in [0.1, 0.15) is 0 Å². The van der Waals surface area contributed by atoms with Gasteiger partial charge in [0.25, 0.3) is 0 Å². The Morgan fingerprint density at radius 3 is 2.00 bits per heavy atom. The van der Waals surface area contributed by atoms with Crippen LogP contribution in [0.15, 0.2) is 0 Å². The van der Waals surface area contributed by atoms with E-state index in [2.05, 4.69) is 5.32 Å². The molecule has 0 aromatic carbocycles. The summed E-state index contributed by atoms with van der Waals surface area (Å²) in [5, 5.41) is 27.4. The van der Waals surface area contributed by atoms with Crippen molar-refractivity contribution in [3.8, 4) is 0 Å². The number of hydrogen-bond donors (Lipinski definition) is 4. The molecule has 0 aliphatic rings. The van der Waals surface area contributed by atoms with E-state index in [9.17, 15) is 18.0 Å². The topological polar surface area (TPSA) is 89.8 Å². The average molecular weight is 231 g/mol. The average Bonchev–Trinajstić information content (AvgIpc) is 2.09. The third-order valence-electron chi connectivity index (χ3n) is 1.74. The predicted octanol–water partition coefficient (Wildman–Crippen LogP) is -0.808. The number of aliphatic carboxylic acids is 1. The van der Waals surface area contributed by atoms with Crippen LogP contribution in [-0.4, -0.2) is 53.3 Å². The van der Waals surface area contributed by atoms with Gasteiger partial charge in [-0.15, -0.1) is 0 Å². The van der Waals surface area contributed by atoms with E-state index in [4.69, 9.17) is 15.3 Å². The maximum atomic E-state index is 12.1. The maximum Gasteiger partial charge on any atom is 0.403 e. The zero-order chi connectivity index (χ0) is 12.1. The molecule has 0 spiro atoms. The molecule has 0 fully saturated rings. The van der Waals surface area contributed by atoms with E-state index >= 15 is 0 Å². The summed E-state index contributed by atoms with van der Waals surface area (Å²) in [5.74, 6) is -4.54. The quantitative estimate of drug-likeness (QED) is 0.480. The van der Waals surface area contributed by atoms with Gasteiger partial charge in [-0.05, 0) is 0 Å². The van der Waals surface area contributed by atoms with Crippen LogP contribution in [-0.2, 0) is 4.79 Å². The number of carbonyl (C=O) groups is 1. The molecule has 0 bridgehead atoms. The molecule has 8 heteroatoms. The van der Waals surface area contributed by atoms with Crippen molar-refractivity contribution in [1.29, 1.82) is 0 Å². The van der Waals surface area contributed by atoms with Crippen LogP contribution in [0.5, 0.6) is 0 Å². The molecular formula is C7H12F3NO4. The van der Waals surface area contributed by atoms with Crippen molar-refractivity contribution >= 4 is 5.97 Å². The SMILES string of the molecule is O=C(O)C(CNC(CO)CO)C(F)(F)F. The molecule has 0 saturated heterocycles. The molecule has 0 radical (unpaired) electrons. The number of rotatable bonds is 6. The predicted molar refractivity (Wildman–Crippen MR) is 43.1 cm³/mol. The highest BCUT2D eigenvalue weighted by Crippen LogP contribution is 2.25. The minimum absolute atomic E-state index is 0.569. The van der Waals surface area contributed by atoms with Gasteiger partial charge in [0.05, 0.1) is 19.3 Å². The minimum Gasteiger partial charge on any atom is -0.481 e. The Labute approximate surface area is 83.5 Å². The smallest absolute Gasteiger partial charge is 0.403 e. The van der Waals surface area contributed by atoms with E-state index in [0.29, 0.717) is 0 Å². The zero-order valence-corrected chi connectivity index (χ0v) is 7.66. The van der Waals surface area contributed by atoms with Crippen LogP contribution in [0, 0.1) is 5.92 Å². The fourth-order valence-corrected chi connectivity index (χ4v) is 0.814. The molecule has 0 heterocycles.